The summed E-state index contributed by atoms with van der Waals surface area (Å²) in [7, 11) is 0. The van der Waals surface area contributed by atoms with E-state index in [9.17, 15) is 4.79 Å². The minimum absolute atomic E-state index is 0.402. The Morgan fingerprint density at radius 3 is 2.33 bits per heavy atom. The number of benzene rings is 2. The van der Waals surface area contributed by atoms with Gasteiger partial charge in [-0.3, -0.25) is 4.90 Å². The first kappa shape index (κ1) is 20.2. The molecule has 0 saturated carbocycles. The van der Waals surface area contributed by atoms with Gasteiger partial charge in [0.05, 0.1) is 5.69 Å². The van der Waals surface area contributed by atoms with Crippen LogP contribution in [0, 0.1) is 6.92 Å². The summed E-state index contributed by atoms with van der Waals surface area (Å²) in [5.74, 6) is 0. The minimum Gasteiger partial charge on any atom is -0.378 e. The zero-order valence-electron chi connectivity index (χ0n) is 17.4. The Balaban J connectivity index is 1.34. The lowest BCUT2D eigenvalue weighted by atomic mass is 10.0. The molecule has 6 nitrogen and oxygen atoms in total. The van der Waals surface area contributed by atoms with E-state index in [1.54, 1.807) is 0 Å². The number of hydrogen-bond donors (Lipinski definition) is 1. The van der Waals surface area contributed by atoms with Crippen LogP contribution in [0.3, 0.4) is 0 Å². The lowest BCUT2D eigenvalue weighted by Gasteiger charge is -2.36. The van der Waals surface area contributed by atoms with E-state index in [4.69, 9.17) is 4.52 Å². The van der Waals surface area contributed by atoms with Crippen LogP contribution in [0.4, 0.5) is 11.4 Å². The molecule has 1 aliphatic rings. The lowest BCUT2D eigenvalue weighted by Crippen LogP contribution is -2.47. The van der Waals surface area contributed by atoms with Crippen molar-refractivity contribution in [3.05, 3.63) is 87.9 Å². The SMILES string of the molecule is Cc1noc(=O)c(NCCN2CCN(c3ccccc3)CC2)c1Cc1ccccc1. The summed E-state index contributed by atoms with van der Waals surface area (Å²) in [5, 5.41) is 7.26. The summed E-state index contributed by atoms with van der Waals surface area (Å²) in [4.78, 5) is 17.2. The van der Waals surface area contributed by atoms with Crippen LogP contribution >= 0.6 is 0 Å². The van der Waals surface area contributed by atoms with Gasteiger partial charge < -0.3 is 14.7 Å². The molecule has 1 aliphatic heterocycles. The average Bonchev–Trinajstić information content (AvgIpc) is 2.80. The molecule has 4 rings (SSSR count). The van der Waals surface area contributed by atoms with Gasteiger partial charge in [0.2, 0.25) is 0 Å². The van der Waals surface area contributed by atoms with Crippen molar-refractivity contribution >= 4 is 11.4 Å². The molecule has 6 heteroatoms. The molecular formula is C24H28N4O2. The number of nitrogens with zero attached hydrogens (tertiary/aromatic N) is 3. The van der Waals surface area contributed by atoms with Crippen LogP contribution in [-0.4, -0.2) is 49.3 Å². The third-order valence-corrected chi connectivity index (χ3v) is 5.66. The summed E-state index contributed by atoms with van der Waals surface area (Å²) in [5.41, 5.74) is 4.22. The molecule has 0 aliphatic carbocycles. The van der Waals surface area contributed by atoms with Crippen molar-refractivity contribution in [2.24, 2.45) is 0 Å². The van der Waals surface area contributed by atoms with E-state index < -0.39 is 5.63 Å². The fraction of sp³-hybridized carbons (Fsp3) is 0.333. The zero-order chi connectivity index (χ0) is 20.8. The molecule has 0 radical (unpaired) electrons. The second-order valence-corrected chi connectivity index (χ2v) is 7.66. The number of para-hydroxylation sites is 1. The maximum Gasteiger partial charge on any atom is 0.381 e. The Bertz CT molecular complexity index is 997. The van der Waals surface area contributed by atoms with E-state index in [-0.39, 0.29) is 0 Å². The van der Waals surface area contributed by atoms with Crippen molar-refractivity contribution < 1.29 is 4.52 Å². The molecule has 0 unspecified atom stereocenters. The van der Waals surface area contributed by atoms with Crippen molar-refractivity contribution in [2.75, 3.05) is 49.5 Å². The fourth-order valence-corrected chi connectivity index (χ4v) is 3.92. The molecule has 2 heterocycles. The largest absolute Gasteiger partial charge is 0.381 e. The first-order valence-electron chi connectivity index (χ1n) is 10.5. The molecule has 1 fully saturated rings. The van der Waals surface area contributed by atoms with Crippen LogP contribution in [0.1, 0.15) is 16.8 Å². The van der Waals surface area contributed by atoms with Gasteiger partial charge in [0.1, 0.15) is 5.69 Å². The number of rotatable bonds is 7. The predicted molar refractivity (Wildman–Crippen MR) is 120 cm³/mol. The Hall–Kier alpha value is -3.12. The molecule has 1 N–H and O–H groups in total. The highest BCUT2D eigenvalue weighted by Gasteiger charge is 2.18. The highest BCUT2D eigenvalue weighted by Crippen LogP contribution is 2.19. The highest BCUT2D eigenvalue weighted by atomic mass is 16.5. The maximum atomic E-state index is 12.4. The predicted octanol–water partition coefficient (Wildman–Crippen LogP) is 3.17. The van der Waals surface area contributed by atoms with Crippen LogP contribution in [-0.2, 0) is 6.42 Å². The van der Waals surface area contributed by atoms with Crippen LogP contribution < -0.4 is 15.8 Å². The Kier molecular flexibility index (Phi) is 6.44. The van der Waals surface area contributed by atoms with E-state index in [0.29, 0.717) is 18.7 Å². The first-order chi connectivity index (χ1) is 14.7. The summed E-state index contributed by atoms with van der Waals surface area (Å²) < 4.78 is 4.98. The molecule has 0 bridgehead atoms. The van der Waals surface area contributed by atoms with Crippen molar-refractivity contribution in [2.45, 2.75) is 13.3 Å². The number of anilines is 2. The van der Waals surface area contributed by atoms with Crippen molar-refractivity contribution in [3.63, 3.8) is 0 Å². The molecule has 2 aromatic carbocycles. The molecular weight excluding hydrogens is 376 g/mol. The van der Waals surface area contributed by atoms with Gasteiger partial charge in [-0.15, -0.1) is 0 Å². The summed E-state index contributed by atoms with van der Waals surface area (Å²) in [6.07, 6.45) is 0.656. The quantitative estimate of drug-likeness (QED) is 0.653. The number of aromatic nitrogens is 1. The third kappa shape index (κ3) is 4.89. The summed E-state index contributed by atoms with van der Waals surface area (Å²) >= 11 is 0. The van der Waals surface area contributed by atoms with Crippen molar-refractivity contribution in [1.82, 2.24) is 10.1 Å². The van der Waals surface area contributed by atoms with Gasteiger partial charge in [-0.1, -0.05) is 53.7 Å². The number of piperazine rings is 1. The van der Waals surface area contributed by atoms with Crippen molar-refractivity contribution in [1.29, 1.82) is 0 Å². The molecule has 156 valence electrons. The normalized spacial score (nSPS) is 14.6. The van der Waals surface area contributed by atoms with Gasteiger partial charge in [-0.25, -0.2) is 4.79 Å². The molecule has 0 atom stereocenters. The molecule has 30 heavy (non-hydrogen) atoms. The Morgan fingerprint density at radius 1 is 0.967 bits per heavy atom. The highest BCUT2D eigenvalue weighted by molar-refractivity contribution is 5.52. The van der Waals surface area contributed by atoms with E-state index in [1.165, 1.54) is 5.69 Å². The summed E-state index contributed by atoms with van der Waals surface area (Å²) in [6.45, 7) is 7.51. The standard InChI is InChI=1S/C24H28N4O2/c1-19-22(18-20-8-4-2-5-9-20)23(24(29)30-26-19)25-12-13-27-14-16-28(17-15-27)21-10-6-3-7-11-21/h2-11,25H,12-18H2,1H3. The second-order valence-electron chi connectivity index (χ2n) is 7.66. The molecule has 1 saturated heterocycles. The van der Waals surface area contributed by atoms with Gasteiger partial charge >= 0.3 is 5.63 Å². The average molecular weight is 405 g/mol. The fourth-order valence-electron chi connectivity index (χ4n) is 3.92. The van der Waals surface area contributed by atoms with Crippen LogP contribution in [0.2, 0.25) is 0 Å². The topological polar surface area (TPSA) is 61.6 Å². The van der Waals surface area contributed by atoms with E-state index in [0.717, 1.165) is 49.5 Å². The van der Waals surface area contributed by atoms with Gasteiger partial charge in [0.15, 0.2) is 0 Å². The second kappa shape index (κ2) is 9.59. The van der Waals surface area contributed by atoms with E-state index in [2.05, 4.69) is 62.7 Å². The Morgan fingerprint density at radius 2 is 1.63 bits per heavy atom. The lowest BCUT2D eigenvalue weighted by molar-refractivity contribution is 0.267. The van der Waals surface area contributed by atoms with Gasteiger partial charge in [0.25, 0.3) is 0 Å². The molecule has 3 aromatic rings. The molecule has 0 amide bonds. The van der Waals surface area contributed by atoms with Crippen LogP contribution in [0.15, 0.2) is 70.0 Å². The van der Waals surface area contributed by atoms with Gasteiger partial charge in [0, 0.05) is 56.9 Å². The Labute approximate surface area is 177 Å². The van der Waals surface area contributed by atoms with E-state index >= 15 is 0 Å². The van der Waals surface area contributed by atoms with Crippen molar-refractivity contribution in [3.8, 4) is 0 Å². The zero-order valence-corrected chi connectivity index (χ0v) is 17.4. The minimum atomic E-state index is -0.402. The van der Waals surface area contributed by atoms with Gasteiger partial charge in [-0.05, 0) is 24.6 Å². The first-order valence-corrected chi connectivity index (χ1v) is 10.5. The molecule has 1 aromatic heterocycles. The summed E-state index contributed by atoms with van der Waals surface area (Å²) in [6, 6.07) is 20.7. The number of aryl methyl sites for hydroxylation is 1. The third-order valence-electron chi connectivity index (χ3n) is 5.66. The molecule has 0 spiro atoms. The van der Waals surface area contributed by atoms with Crippen LogP contribution in [0.5, 0.6) is 0 Å². The maximum absolute atomic E-state index is 12.4. The number of nitrogens with one attached hydrogen (secondary N) is 1. The smallest absolute Gasteiger partial charge is 0.378 e. The van der Waals surface area contributed by atoms with Crippen LogP contribution in [0.25, 0.3) is 0 Å². The monoisotopic (exact) mass is 404 g/mol. The van der Waals surface area contributed by atoms with Gasteiger partial charge in [-0.2, -0.15) is 0 Å². The number of hydrogen-bond acceptors (Lipinski definition) is 6. The van der Waals surface area contributed by atoms with E-state index in [1.807, 2.05) is 25.1 Å².